The summed E-state index contributed by atoms with van der Waals surface area (Å²) in [5.74, 6) is 0. The molecule has 0 unspecified atom stereocenters. The van der Waals surface area contributed by atoms with Gasteiger partial charge in [0.15, 0.2) is 5.01 Å². The summed E-state index contributed by atoms with van der Waals surface area (Å²) in [6, 6.07) is 3.86. The van der Waals surface area contributed by atoms with Crippen LogP contribution < -0.4 is 5.32 Å². The van der Waals surface area contributed by atoms with Crippen LogP contribution in [0.2, 0.25) is 0 Å². The van der Waals surface area contributed by atoms with Crippen LogP contribution in [0.4, 0.5) is 0 Å². The number of aryl methyl sites for hydroxylation is 1. The summed E-state index contributed by atoms with van der Waals surface area (Å²) in [7, 11) is 0. The second kappa shape index (κ2) is 6.92. The number of nitrogens with zero attached hydrogens (tertiary/aromatic N) is 3. The molecule has 2 heterocycles. The van der Waals surface area contributed by atoms with Gasteiger partial charge in [-0.2, -0.15) is 0 Å². The maximum absolute atomic E-state index is 4.32. The van der Waals surface area contributed by atoms with Gasteiger partial charge in [-0.25, -0.2) is 0 Å². The molecule has 0 aliphatic heterocycles. The summed E-state index contributed by atoms with van der Waals surface area (Å²) < 4.78 is 0.959. The SMILES string of the molecule is CCNCCCc1nnc(-c2ncccc2Br)s1. The van der Waals surface area contributed by atoms with E-state index in [9.17, 15) is 0 Å². The lowest BCUT2D eigenvalue weighted by atomic mass is 10.3. The number of rotatable bonds is 6. The predicted octanol–water partition coefficient (Wildman–Crippen LogP) is 2.90. The van der Waals surface area contributed by atoms with E-state index in [1.165, 1.54) is 0 Å². The van der Waals surface area contributed by atoms with E-state index in [0.29, 0.717) is 0 Å². The van der Waals surface area contributed by atoms with Crippen molar-refractivity contribution in [1.29, 1.82) is 0 Å². The summed E-state index contributed by atoms with van der Waals surface area (Å²) in [5.41, 5.74) is 0.868. The fourth-order valence-corrected chi connectivity index (χ4v) is 3.00. The average Bonchev–Trinajstić information content (AvgIpc) is 2.84. The third kappa shape index (κ3) is 3.57. The third-order valence-corrected chi connectivity index (χ3v) is 4.05. The highest BCUT2D eigenvalue weighted by atomic mass is 79.9. The third-order valence-electron chi connectivity index (χ3n) is 2.42. The lowest BCUT2D eigenvalue weighted by Gasteiger charge is -1.98. The number of aromatic nitrogens is 3. The molecule has 0 atom stereocenters. The molecule has 0 bridgehead atoms. The molecule has 0 aliphatic rings. The average molecular weight is 327 g/mol. The van der Waals surface area contributed by atoms with Crippen molar-refractivity contribution in [2.45, 2.75) is 19.8 Å². The molecule has 6 heteroatoms. The Morgan fingerprint density at radius 3 is 3.06 bits per heavy atom. The van der Waals surface area contributed by atoms with Crippen LogP contribution in [-0.2, 0) is 6.42 Å². The van der Waals surface area contributed by atoms with E-state index in [2.05, 4.69) is 43.4 Å². The smallest absolute Gasteiger partial charge is 0.167 e. The molecule has 0 saturated carbocycles. The minimum atomic E-state index is 0.868. The van der Waals surface area contributed by atoms with Gasteiger partial charge in [0.05, 0.1) is 0 Å². The molecule has 2 rings (SSSR count). The minimum absolute atomic E-state index is 0.868. The van der Waals surface area contributed by atoms with Crippen LogP contribution in [0, 0.1) is 0 Å². The van der Waals surface area contributed by atoms with Crippen LogP contribution in [0.3, 0.4) is 0 Å². The Hall–Kier alpha value is -0.850. The first-order valence-corrected chi connectivity index (χ1v) is 7.56. The van der Waals surface area contributed by atoms with Crippen LogP contribution in [0.1, 0.15) is 18.4 Å². The molecule has 1 N–H and O–H groups in total. The van der Waals surface area contributed by atoms with Crippen molar-refractivity contribution < 1.29 is 0 Å². The van der Waals surface area contributed by atoms with E-state index in [4.69, 9.17) is 0 Å². The van der Waals surface area contributed by atoms with Gasteiger partial charge in [-0.3, -0.25) is 4.98 Å². The first-order chi connectivity index (χ1) is 8.81. The van der Waals surface area contributed by atoms with Gasteiger partial charge in [-0.15, -0.1) is 10.2 Å². The van der Waals surface area contributed by atoms with E-state index in [1.807, 2.05) is 12.1 Å². The Bertz CT molecular complexity index is 500. The van der Waals surface area contributed by atoms with E-state index in [-0.39, 0.29) is 0 Å². The van der Waals surface area contributed by atoms with Crippen LogP contribution >= 0.6 is 27.3 Å². The highest BCUT2D eigenvalue weighted by Gasteiger charge is 2.10. The zero-order valence-electron chi connectivity index (χ0n) is 10.2. The number of nitrogens with one attached hydrogen (secondary N) is 1. The quantitative estimate of drug-likeness (QED) is 0.829. The van der Waals surface area contributed by atoms with Gasteiger partial charge in [-0.05, 0) is 47.6 Å². The largest absolute Gasteiger partial charge is 0.317 e. The first-order valence-electron chi connectivity index (χ1n) is 5.95. The van der Waals surface area contributed by atoms with Crippen molar-refractivity contribution in [2.75, 3.05) is 13.1 Å². The summed E-state index contributed by atoms with van der Waals surface area (Å²) in [5, 5.41) is 13.7. The molecule has 2 aromatic heterocycles. The molecule has 0 aromatic carbocycles. The van der Waals surface area contributed by atoms with E-state index < -0.39 is 0 Å². The van der Waals surface area contributed by atoms with Gasteiger partial charge in [-0.1, -0.05) is 18.3 Å². The Kier molecular flexibility index (Phi) is 5.22. The molecule has 0 amide bonds. The normalized spacial score (nSPS) is 10.8. The second-order valence-electron chi connectivity index (χ2n) is 3.79. The van der Waals surface area contributed by atoms with Crippen molar-refractivity contribution >= 4 is 27.3 Å². The molecular weight excluding hydrogens is 312 g/mol. The van der Waals surface area contributed by atoms with Gasteiger partial charge < -0.3 is 5.32 Å². The Morgan fingerprint density at radius 2 is 2.28 bits per heavy atom. The Balaban J connectivity index is 2.00. The van der Waals surface area contributed by atoms with Gasteiger partial charge in [0, 0.05) is 17.1 Å². The van der Waals surface area contributed by atoms with Crippen LogP contribution in [-0.4, -0.2) is 28.3 Å². The lowest BCUT2D eigenvalue weighted by molar-refractivity contribution is 0.669. The maximum atomic E-state index is 4.32. The fourth-order valence-electron chi connectivity index (χ4n) is 1.53. The van der Waals surface area contributed by atoms with Crippen LogP contribution in [0.5, 0.6) is 0 Å². The summed E-state index contributed by atoms with van der Waals surface area (Å²) in [6.45, 7) is 4.16. The summed E-state index contributed by atoms with van der Waals surface area (Å²) in [6.07, 6.45) is 3.83. The Morgan fingerprint density at radius 1 is 1.39 bits per heavy atom. The molecule has 4 nitrogen and oxygen atoms in total. The van der Waals surface area contributed by atoms with Crippen molar-refractivity contribution in [3.63, 3.8) is 0 Å². The van der Waals surface area contributed by atoms with E-state index in [1.54, 1.807) is 17.5 Å². The number of pyridine rings is 1. The number of halogens is 1. The molecule has 0 fully saturated rings. The second-order valence-corrected chi connectivity index (χ2v) is 5.71. The molecule has 0 radical (unpaired) electrons. The van der Waals surface area contributed by atoms with Crippen molar-refractivity contribution in [3.8, 4) is 10.7 Å². The van der Waals surface area contributed by atoms with Crippen molar-refractivity contribution in [2.24, 2.45) is 0 Å². The van der Waals surface area contributed by atoms with E-state index in [0.717, 1.165) is 46.1 Å². The maximum Gasteiger partial charge on any atom is 0.167 e. The highest BCUT2D eigenvalue weighted by molar-refractivity contribution is 9.10. The Labute approximate surface area is 119 Å². The standard InChI is InChI=1S/C12H15BrN4S/c1-2-14-7-4-6-10-16-17-12(18-10)11-9(13)5-3-8-15-11/h3,5,8,14H,2,4,6-7H2,1H3. The molecule has 96 valence electrons. The molecule has 2 aromatic rings. The number of hydrogen-bond donors (Lipinski definition) is 1. The molecule has 18 heavy (non-hydrogen) atoms. The molecule has 0 aliphatic carbocycles. The van der Waals surface area contributed by atoms with Crippen molar-refractivity contribution in [1.82, 2.24) is 20.5 Å². The summed E-state index contributed by atoms with van der Waals surface area (Å²) >= 11 is 5.10. The summed E-state index contributed by atoms with van der Waals surface area (Å²) in [4.78, 5) is 4.32. The fraction of sp³-hybridized carbons (Fsp3) is 0.417. The number of hydrogen-bond acceptors (Lipinski definition) is 5. The first kappa shape index (κ1) is 13.6. The predicted molar refractivity (Wildman–Crippen MR) is 77.7 cm³/mol. The van der Waals surface area contributed by atoms with Gasteiger partial charge in [0.25, 0.3) is 0 Å². The van der Waals surface area contributed by atoms with Crippen LogP contribution in [0.25, 0.3) is 10.7 Å². The molecule has 0 spiro atoms. The van der Waals surface area contributed by atoms with Gasteiger partial charge in [0.1, 0.15) is 10.7 Å². The van der Waals surface area contributed by atoms with Crippen LogP contribution in [0.15, 0.2) is 22.8 Å². The zero-order valence-corrected chi connectivity index (χ0v) is 12.6. The minimum Gasteiger partial charge on any atom is -0.317 e. The van der Waals surface area contributed by atoms with Gasteiger partial charge >= 0.3 is 0 Å². The lowest BCUT2D eigenvalue weighted by Crippen LogP contribution is -2.14. The van der Waals surface area contributed by atoms with Gasteiger partial charge in [0.2, 0.25) is 0 Å². The van der Waals surface area contributed by atoms with Crippen molar-refractivity contribution in [3.05, 3.63) is 27.8 Å². The topological polar surface area (TPSA) is 50.7 Å². The molecular formula is C12H15BrN4S. The monoisotopic (exact) mass is 326 g/mol. The highest BCUT2D eigenvalue weighted by Crippen LogP contribution is 2.28. The van der Waals surface area contributed by atoms with E-state index >= 15 is 0 Å². The molecule has 0 saturated heterocycles. The zero-order chi connectivity index (χ0) is 12.8.